The third-order valence-electron chi connectivity index (χ3n) is 2.52. The summed E-state index contributed by atoms with van der Waals surface area (Å²) in [4.78, 5) is 34.4. The molecule has 2 N–H and O–H groups in total. The lowest BCUT2D eigenvalue weighted by molar-refractivity contribution is -0.141. The number of carbonyl (C=O) groups is 3. The van der Waals surface area contributed by atoms with Crippen LogP contribution in [0.3, 0.4) is 0 Å². The Labute approximate surface area is 101 Å². The van der Waals surface area contributed by atoms with Gasteiger partial charge in [-0.1, -0.05) is 12.1 Å². The van der Waals surface area contributed by atoms with Gasteiger partial charge in [-0.15, -0.1) is 0 Å². The van der Waals surface area contributed by atoms with Gasteiger partial charge in [-0.05, 0) is 17.7 Å². The second-order valence-corrected chi connectivity index (χ2v) is 3.75. The highest BCUT2D eigenvalue weighted by Crippen LogP contribution is 2.21. The van der Waals surface area contributed by atoms with E-state index in [0.29, 0.717) is 10.5 Å². The molecule has 1 atom stereocenters. The second kappa shape index (κ2) is 4.44. The van der Waals surface area contributed by atoms with Crippen molar-refractivity contribution in [1.29, 1.82) is 0 Å². The number of carboxylic acids is 1. The molecule has 0 radical (unpaired) electrons. The third kappa shape index (κ3) is 2.15. The van der Waals surface area contributed by atoms with Crippen LogP contribution in [0.5, 0.6) is 0 Å². The minimum absolute atomic E-state index is 0.405. The summed E-state index contributed by atoms with van der Waals surface area (Å²) in [5.41, 5.74) is 0.405. The van der Waals surface area contributed by atoms with Crippen LogP contribution in [0.1, 0.15) is 11.6 Å². The first-order chi connectivity index (χ1) is 8.49. The number of halogens is 1. The van der Waals surface area contributed by atoms with E-state index >= 15 is 0 Å². The van der Waals surface area contributed by atoms with Crippen molar-refractivity contribution in [1.82, 2.24) is 10.2 Å². The molecular formula is C11H9FN2O4. The molecule has 6 nitrogen and oxygen atoms in total. The fourth-order valence-electron chi connectivity index (χ4n) is 1.69. The number of carbonyl (C=O) groups excluding carboxylic acids is 2. The number of carboxylic acid groups (broad SMARTS) is 1. The lowest BCUT2D eigenvalue weighted by Gasteiger charge is -2.10. The van der Waals surface area contributed by atoms with Crippen molar-refractivity contribution in [2.45, 2.75) is 6.04 Å². The first-order valence-electron chi connectivity index (χ1n) is 5.08. The minimum Gasteiger partial charge on any atom is -0.480 e. The van der Waals surface area contributed by atoms with Crippen molar-refractivity contribution < 1.29 is 23.9 Å². The molecule has 0 unspecified atom stereocenters. The van der Waals surface area contributed by atoms with Gasteiger partial charge in [-0.3, -0.25) is 14.5 Å². The predicted octanol–water partition coefficient (Wildman–Crippen LogP) is 0.503. The molecule has 0 aliphatic carbocycles. The summed E-state index contributed by atoms with van der Waals surface area (Å²) in [7, 11) is 0. The average Bonchev–Trinajstić information content (AvgIpc) is 2.58. The second-order valence-electron chi connectivity index (χ2n) is 3.75. The Morgan fingerprint density at radius 3 is 2.50 bits per heavy atom. The van der Waals surface area contributed by atoms with Gasteiger partial charge >= 0.3 is 12.0 Å². The number of imide groups is 1. The lowest BCUT2D eigenvalue weighted by Crippen LogP contribution is -2.35. The van der Waals surface area contributed by atoms with E-state index in [0.717, 1.165) is 12.1 Å². The monoisotopic (exact) mass is 252 g/mol. The van der Waals surface area contributed by atoms with Crippen LogP contribution in [-0.2, 0) is 9.59 Å². The average molecular weight is 252 g/mol. The number of hydrogen-bond donors (Lipinski definition) is 2. The molecule has 0 aromatic heterocycles. The van der Waals surface area contributed by atoms with Gasteiger partial charge in [0.25, 0.3) is 5.91 Å². The van der Waals surface area contributed by atoms with Gasteiger partial charge in [0, 0.05) is 0 Å². The number of hydrogen-bond acceptors (Lipinski definition) is 3. The molecule has 94 valence electrons. The summed E-state index contributed by atoms with van der Waals surface area (Å²) >= 11 is 0. The molecule has 1 aromatic rings. The van der Waals surface area contributed by atoms with Gasteiger partial charge in [0.2, 0.25) is 0 Å². The smallest absolute Gasteiger partial charge is 0.325 e. The highest BCUT2D eigenvalue weighted by Gasteiger charge is 2.39. The van der Waals surface area contributed by atoms with E-state index in [1.54, 1.807) is 0 Å². The molecule has 1 heterocycles. The van der Waals surface area contributed by atoms with Crippen LogP contribution in [0.4, 0.5) is 9.18 Å². The van der Waals surface area contributed by atoms with E-state index in [-0.39, 0.29) is 0 Å². The SMILES string of the molecule is O=C(O)CN1C(=O)N[C@H](c2ccc(F)cc2)C1=O. The van der Waals surface area contributed by atoms with Crippen molar-refractivity contribution >= 4 is 17.9 Å². The molecule has 0 spiro atoms. The Kier molecular flexibility index (Phi) is 2.97. The van der Waals surface area contributed by atoms with Crippen molar-refractivity contribution in [2.75, 3.05) is 6.54 Å². The van der Waals surface area contributed by atoms with Crippen molar-refractivity contribution in [3.63, 3.8) is 0 Å². The van der Waals surface area contributed by atoms with Gasteiger partial charge < -0.3 is 10.4 Å². The molecule has 1 saturated heterocycles. The fraction of sp³-hybridized carbons (Fsp3) is 0.182. The van der Waals surface area contributed by atoms with Crippen LogP contribution in [-0.4, -0.2) is 34.5 Å². The van der Waals surface area contributed by atoms with Crippen LogP contribution >= 0.6 is 0 Å². The molecular weight excluding hydrogens is 243 g/mol. The number of aliphatic carboxylic acids is 1. The fourth-order valence-corrected chi connectivity index (χ4v) is 1.69. The van der Waals surface area contributed by atoms with Crippen LogP contribution in [0.25, 0.3) is 0 Å². The number of nitrogens with one attached hydrogen (secondary N) is 1. The zero-order valence-electron chi connectivity index (χ0n) is 9.09. The van der Waals surface area contributed by atoms with Crippen LogP contribution in [0.15, 0.2) is 24.3 Å². The van der Waals surface area contributed by atoms with Crippen molar-refractivity contribution in [3.05, 3.63) is 35.6 Å². The van der Waals surface area contributed by atoms with E-state index in [2.05, 4.69) is 5.32 Å². The Bertz CT molecular complexity index is 514. The lowest BCUT2D eigenvalue weighted by atomic mass is 10.1. The maximum atomic E-state index is 12.7. The summed E-state index contributed by atoms with van der Waals surface area (Å²) in [5, 5.41) is 10.9. The molecule has 1 fully saturated rings. The topological polar surface area (TPSA) is 86.7 Å². The summed E-state index contributed by atoms with van der Waals surface area (Å²) in [6.07, 6.45) is 0. The highest BCUT2D eigenvalue weighted by atomic mass is 19.1. The molecule has 1 aliphatic heterocycles. The Hall–Kier alpha value is -2.44. The highest BCUT2D eigenvalue weighted by molar-refractivity contribution is 6.06. The van der Waals surface area contributed by atoms with Gasteiger partial charge in [0.15, 0.2) is 0 Å². The molecule has 0 bridgehead atoms. The summed E-state index contributed by atoms with van der Waals surface area (Å²) in [5.74, 6) is -2.40. The van der Waals surface area contributed by atoms with Crippen LogP contribution in [0.2, 0.25) is 0 Å². The van der Waals surface area contributed by atoms with Gasteiger partial charge in [0.05, 0.1) is 0 Å². The Morgan fingerprint density at radius 2 is 1.94 bits per heavy atom. The van der Waals surface area contributed by atoms with Crippen LogP contribution in [0, 0.1) is 5.82 Å². The van der Waals surface area contributed by atoms with Gasteiger partial charge in [-0.2, -0.15) is 0 Å². The predicted molar refractivity (Wildman–Crippen MR) is 57.0 cm³/mol. The minimum atomic E-state index is -1.28. The van der Waals surface area contributed by atoms with Crippen molar-refractivity contribution in [2.24, 2.45) is 0 Å². The molecule has 1 aromatic carbocycles. The quantitative estimate of drug-likeness (QED) is 0.767. The first-order valence-corrected chi connectivity index (χ1v) is 5.08. The normalized spacial score (nSPS) is 18.9. The molecule has 3 amide bonds. The summed E-state index contributed by atoms with van der Waals surface area (Å²) < 4.78 is 12.7. The zero-order chi connectivity index (χ0) is 13.3. The van der Waals surface area contributed by atoms with E-state index in [4.69, 9.17) is 5.11 Å². The maximum Gasteiger partial charge on any atom is 0.325 e. The summed E-state index contributed by atoms with van der Waals surface area (Å²) in [6.45, 7) is -0.692. The number of urea groups is 1. The van der Waals surface area contributed by atoms with E-state index in [1.807, 2.05) is 0 Å². The molecule has 2 rings (SSSR count). The number of rotatable bonds is 3. The molecule has 18 heavy (non-hydrogen) atoms. The van der Waals surface area contributed by atoms with Gasteiger partial charge in [-0.25, -0.2) is 9.18 Å². The first kappa shape index (κ1) is 12.0. The zero-order valence-corrected chi connectivity index (χ0v) is 9.09. The van der Waals surface area contributed by atoms with Crippen molar-refractivity contribution in [3.8, 4) is 0 Å². The molecule has 7 heteroatoms. The standard InChI is InChI=1S/C11H9FN2O4/c12-7-3-1-6(2-4-7)9-10(17)14(5-8(15)16)11(18)13-9/h1-4,9H,5H2,(H,13,18)(H,15,16)/t9-/m1/s1. The molecule has 0 saturated carbocycles. The molecule has 1 aliphatic rings. The third-order valence-corrected chi connectivity index (χ3v) is 2.52. The largest absolute Gasteiger partial charge is 0.480 e. The van der Waals surface area contributed by atoms with E-state index in [9.17, 15) is 18.8 Å². The van der Waals surface area contributed by atoms with Crippen LogP contribution < -0.4 is 5.32 Å². The maximum absolute atomic E-state index is 12.7. The van der Waals surface area contributed by atoms with E-state index in [1.165, 1.54) is 12.1 Å². The summed E-state index contributed by atoms with van der Waals surface area (Å²) in [6, 6.07) is 3.32. The van der Waals surface area contributed by atoms with E-state index < -0.39 is 36.3 Å². The number of nitrogens with zero attached hydrogens (tertiary/aromatic N) is 1. The van der Waals surface area contributed by atoms with Gasteiger partial charge in [0.1, 0.15) is 18.4 Å². The number of amides is 3. The number of benzene rings is 1. The Morgan fingerprint density at radius 1 is 1.33 bits per heavy atom. The Balaban J connectivity index is 2.22.